The van der Waals surface area contributed by atoms with Crippen LogP contribution in [0.15, 0.2) is 12.5 Å². The molecule has 2 N–H and O–H groups in total. The average molecular weight is 235 g/mol. The molecule has 1 aromatic heterocycles. The van der Waals surface area contributed by atoms with Crippen molar-refractivity contribution in [1.29, 1.82) is 0 Å². The van der Waals surface area contributed by atoms with Crippen LogP contribution in [-0.2, 0) is 0 Å². The Kier molecular flexibility index (Phi) is 3.87. The molecule has 3 heteroatoms. The first-order valence-electron chi connectivity index (χ1n) is 6.87. The third kappa shape index (κ3) is 2.71. The molecule has 96 valence electrons. The summed E-state index contributed by atoms with van der Waals surface area (Å²) in [6.45, 7) is 6.70. The number of hydrogen-bond acceptors (Lipinski definition) is 2. The van der Waals surface area contributed by atoms with E-state index in [1.807, 2.05) is 12.5 Å². The van der Waals surface area contributed by atoms with E-state index < -0.39 is 0 Å². The van der Waals surface area contributed by atoms with Crippen LogP contribution in [0.5, 0.6) is 0 Å². The minimum atomic E-state index is 0.106. The summed E-state index contributed by atoms with van der Waals surface area (Å²) in [5, 5.41) is 0. The number of aromatic nitrogens is 2. The summed E-state index contributed by atoms with van der Waals surface area (Å²) < 4.78 is 2.33. The molecule has 1 saturated carbocycles. The topological polar surface area (TPSA) is 43.8 Å². The van der Waals surface area contributed by atoms with Crippen LogP contribution in [0.3, 0.4) is 0 Å². The van der Waals surface area contributed by atoms with E-state index >= 15 is 0 Å². The van der Waals surface area contributed by atoms with Crippen molar-refractivity contribution in [2.75, 3.05) is 0 Å². The highest BCUT2D eigenvalue weighted by Gasteiger charge is 2.24. The van der Waals surface area contributed by atoms with Crippen molar-refractivity contribution >= 4 is 0 Å². The quantitative estimate of drug-likeness (QED) is 0.873. The van der Waals surface area contributed by atoms with E-state index in [1.54, 1.807) is 0 Å². The molecular weight excluding hydrogens is 210 g/mol. The Labute approximate surface area is 104 Å². The van der Waals surface area contributed by atoms with E-state index in [0.29, 0.717) is 12.0 Å². The zero-order valence-electron chi connectivity index (χ0n) is 11.3. The van der Waals surface area contributed by atoms with Crippen LogP contribution in [0.25, 0.3) is 0 Å². The normalized spacial score (nSPS) is 27.4. The Morgan fingerprint density at radius 3 is 2.82 bits per heavy atom. The third-order valence-corrected chi connectivity index (χ3v) is 4.06. The lowest BCUT2D eigenvalue weighted by molar-refractivity contribution is 0.273. The lowest BCUT2D eigenvalue weighted by Gasteiger charge is -2.30. The average Bonchev–Trinajstić information content (AvgIpc) is 2.76. The molecule has 2 rings (SSSR count). The van der Waals surface area contributed by atoms with Gasteiger partial charge in [0.15, 0.2) is 0 Å². The van der Waals surface area contributed by atoms with Crippen LogP contribution < -0.4 is 5.73 Å². The molecule has 0 aromatic carbocycles. The first kappa shape index (κ1) is 12.6. The second kappa shape index (κ2) is 5.21. The van der Waals surface area contributed by atoms with Crippen LogP contribution in [0, 0.1) is 11.8 Å². The highest BCUT2D eigenvalue weighted by molar-refractivity contribution is 5.07. The second-order valence-corrected chi connectivity index (χ2v) is 5.92. The fraction of sp³-hybridized carbons (Fsp3) is 0.786. The monoisotopic (exact) mass is 235 g/mol. The van der Waals surface area contributed by atoms with E-state index in [4.69, 9.17) is 5.73 Å². The summed E-state index contributed by atoms with van der Waals surface area (Å²) in [6.07, 6.45) is 9.17. The summed E-state index contributed by atoms with van der Waals surface area (Å²) in [4.78, 5) is 4.31. The van der Waals surface area contributed by atoms with Crippen molar-refractivity contribution in [2.24, 2.45) is 17.6 Å². The molecule has 0 spiro atoms. The molecule has 0 saturated heterocycles. The molecule has 1 aliphatic rings. The van der Waals surface area contributed by atoms with Crippen molar-refractivity contribution in [3.05, 3.63) is 18.2 Å². The standard InChI is InChI=1S/C14H25N3/c1-10(2)14(15)13-8-16-9-17(13)12-6-4-5-11(3)7-12/h8-12,14H,4-7,15H2,1-3H3. The Balaban J connectivity index is 2.18. The van der Waals surface area contributed by atoms with Gasteiger partial charge in [0.05, 0.1) is 12.0 Å². The van der Waals surface area contributed by atoms with Crippen molar-refractivity contribution in [1.82, 2.24) is 9.55 Å². The first-order valence-corrected chi connectivity index (χ1v) is 6.87. The Bertz CT molecular complexity index is 356. The molecule has 0 bridgehead atoms. The zero-order valence-corrected chi connectivity index (χ0v) is 11.3. The summed E-state index contributed by atoms with van der Waals surface area (Å²) in [5.74, 6) is 1.30. The maximum Gasteiger partial charge on any atom is 0.0951 e. The Morgan fingerprint density at radius 1 is 1.41 bits per heavy atom. The number of rotatable bonds is 3. The second-order valence-electron chi connectivity index (χ2n) is 5.92. The van der Waals surface area contributed by atoms with Gasteiger partial charge < -0.3 is 10.3 Å². The zero-order chi connectivity index (χ0) is 12.4. The maximum atomic E-state index is 6.26. The molecule has 3 unspecified atom stereocenters. The first-order chi connectivity index (χ1) is 8.09. The Hall–Kier alpha value is -0.830. The molecule has 1 aliphatic carbocycles. The van der Waals surface area contributed by atoms with E-state index in [1.165, 1.54) is 31.4 Å². The van der Waals surface area contributed by atoms with Gasteiger partial charge in [0.1, 0.15) is 0 Å². The molecule has 1 fully saturated rings. The van der Waals surface area contributed by atoms with E-state index in [0.717, 1.165) is 5.92 Å². The van der Waals surface area contributed by atoms with Gasteiger partial charge in [0.25, 0.3) is 0 Å². The van der Waals surface area contributed by atoms with Gasteiger partial charge in [-0.15, -0.1) is 0 Å². The van der Waals surface area contributed by atoms with Gasteiger partial charge in [-0.05, 0) is 24.7 Å². The number of nitrogens with two attached hydrogens (primary N) is 1. The summed E-state index contributed by atoms with van der Waals surface area (Å²) in [7, 11) is 0. The summed E-state index contributed by atoms with van der Waals surface area (Å²) >= 11 is 0. The van der Waals surface area contributed by atoms with Crippen molar-refractivity contribution in [3.8, 4) is 0 Å². The summed E-state index contributed by atoms with van der Waals surface area (Å²) in [6, 6.07) is 0.718. The minimum absolute atomic E-state index is 0.106. The van der Waals surface area contributed by atoms with Gasteiger partial charge in [0, 0.05) is 18.3 Å². The fourth-order valence-corrected chi connectivity index (χ4v) is 2.87. The van der Waals surface area contributed by atoms with Crippen LogP contribution in [0.1, 0.15) is 64.2 Å². The molecule has 17 heavy (non-hydrogen) atoms. The van der Waals surface area contributed by atoms with Gasteiger partial charge in [0.2, 0.25) is 0 Å². The van der Waals surface area contributed by atoms with E-state index in [2.05, 4.69) is 30.3 Å². The third-order valence-electron chi connectivity index (χ3n) is 4.06. The predicted octanol–water partition coefficient (Wildman–Crippen LogP) is 3.29. The van der Waals surface area contributed by atoms with Crippen LogP contribution in [-0.4, -0.2) is 9.55 Å². The van der Waals surface area contributed by atoms with Crippen LogP contribution in [0.2, 0.25) is 0 Å². The predicted molar refractivity (Wildman–Crippen MR) is 70.7 cm³/mol. The lowest BCUT2D eigenvalue weighted by Crippen LogP contribution is -2.24. The van der Waals surface area contributed by atoms with Crippen molar-refractivity contribution in [3.63, 3.8) is 0 Å². The molecule has 0 amide bonds. The minimum Gasteiger partial charge on any atom is -0.330 e. The van der Waals surface area contributed by atoms with Gasteiger partial charge in [-0.25, -0.2) is 4.98 Å². The lowest BCUT2D eigenvalue weighted by atomic mass is 9.86. The van der Waals surface area contributed by atoms with Crippen molar-refractivity contribution < 1.29 is 0 Å². The molecule has 0 radical (unpaired) electrons. The SMILES string of the molecule is CC1CCCC(n2cncc2C(N)C(C)C)C1. The smallest absolute Gasteiger partial charge is 0.0951 e. The molecule has 1 aromatic rings. The number of imidazole rings is 1. The van der Waals surface area contributed by atoms with E-state index in [-0.39, 0.29) is 6.04 Å². The number of hydrogen-bond donors (Lipinski definition) is 1. The molecule has 1 heterocycles. The van der Waals surface area contributed by atoms with Gasteiger partial charge in [-0.1, -0.05) is 33.6 Å². The number of nitrogens with zero attached hydrogens (tertiary/aromatic N) is 2. The van der Waals surface area contributed by atoms with E-state index in [9.17, 15) is 0 Å². The van der Waals surface area contributed by atoms with Gasteiger partial charge >= 0.3 is 0 Å². The highest BCUT2D eigenvalue weighted by Crippen LogP contribution is 2.34. The van der Waals surface area contributed by atoms with Crippen LogP contribution in [0.4, 0.5) is 0 Å². The molecule has 3 atom stereocenters. The Morgan fingerprint density at radius 2 is 2.18 bits per heavy atom. The molecule has 3 nitrogen and oxygen atoms in total. The fourth-order valence-electron chi connectivity index (χ4n) is 2.87. The largest absolute Gasteiger partial charge is 0.330 e. The maximum absolute atomic E-state index is 6.26. The van der Waals surface area contributed by atoms with Gasteiger partial charge in [-0.2, -0.15) is 0 Å². The summed E-state index contributed by atoms with van der Waals surface area (Å²) in [5.41, 5.74) is 7.47. The van der Waals surface area contributed by atoms with Gasteiger partial charge in [-0.3, -0.25) is 0 Å². The molecule has 0 aliphatic heterocycles. The molecular formula is C14H25N3. The van der Waals surface area contributed by atoms with Crippen LogP contribution >= 0.6 is 0 Å². The highest BCUT2D eigenvalue weighted by atomic mass is 15.1. The van der Waals surface area contributed by atoms with Crippen molar-refractivity contribution in [2.45, 2.75) is 58.5 Å².